The summed E-state index contributed by atoms with van der Waals surface area (Å²) in [5.74, 6) is -0.280. The van der Waals surface area contributed by atoms with Crippen molar-refractivity contribution in [2.24, 2.45) is 5.73 Å². The molecule has 1 aliphatic heterocycles. The Labute approximate surface area is 111 Å². The number of likely N-dealkylation sites (tertiary alicyclic amines) is 1. The molecule has 2 rings (SSSR count). The van der Waals surface area contributed by atoms with Gasteiger partial charge in [0.2, 0.25) is 5.91 Å². The van der Waals surface area contributed by atoms with Crippen LogP contribution in [-0.4, -0.2) is 23.4 Å². The number of amides is 1. The first-order chi connectivity index (χ1) is 8.61. The van der Waals surface area contributed by atoms with E-state index in [0.29, 0.717) is 17.1 Å². The molecule has 18 heavy (non-hydrogen) atoms. The highest BCUT2D eigenvalue weighted by Crippen LogP contribution is 2.24. The van der Waals surface area contributed by atoms with Gasteiger partial charge in [-0.05, 0) is 37.1 Å². The van der Waals surface area contributed by atoms with Gasteiger partial charge in [-0.2, -0.15) is 5.26 Å². The Morgan fingerprint density at radius 1 is 1.61 bits per heavy atom. The fourth-order valence-corrected chi connectivity index (χ4v) is 2.54. The average molecular weight is 264 g/mol. The molecular formula is C13H14ClN3O. The largest absolute Gasteiger partial charge is 0.368 e. The molecule has 0 aromatic heterocycles. The third-order valence-electron chi connectivity index (χ3n) is 3.25. The van der Waals surface area contributed by atoms with Gasteiger partial charge < -0.3 is 5.73 Å². The molecular weight excluding hydrogens is 250 g/mol. The summed E-state index contributed by atoms with van der Waals surface area (Å²) in [6, 6.07) is 7.05. The van der Waals surface area contributed by atoms with E-state index in [-0.39, 0.29) is 11.9 Å². The van der Waals surface area contributed by atoms with Crippen molar-refractivity contribution in [3.8, 4) is 6.07 Å². The van der Waals surface area contributed by atoms with Crippen LogP contribution in [0.5, 0.6) is 0 Å². The SMILES string of the molecule is N#Cc1ccc(CN2CCCC2C(N)=O)c(Cl)c1. The Morgan fingerprint density at radius 3 is 3.00 bits per heavy atom. The molecule has 1 aromatic carbocycles. The lowest BCUT2D eigenvalue weighted by Crippen LogP contribution is -2.39. The van der Waals surface area contributed by atoms with Crippen molar-refractivity contribution in [3.05, 3.63) is 34.3 Å². The van der Waals surface area contributed by atoms with Crippen molar-refractivity contribution in [1.82, 2.24) is 4.90 Å². The van der Waals surface area contributed by atoms with E-state index in [1.165, 1.54) is 0 Å². The summed E-state index contributed by atoms with van der Waals surface area (Å²) < 4.78 is 0. The molecule has 1 aromatic rings. The summed E-state index contributed by atoms with van der Waals surface area (Å²) in [6.07, 6.45) is 1.78. The molecule has 5 heteroatoms. The Morgan fingerprint density at radius 2 is 2.39 bits per heavy atom. The molecule has 1 saturated heterocycles. The number of hydrogen-bond donors (Lipinski definition) is 1. The topological polar surface area (TPSA) is 70.1 Å². The second-order valence-corrected chi connectivity index (χ2v) is 4.86. The van der Waals surface area contributed by atoms with Gasteiger partial charge in [0.15, 0.2) is 0 Å². The van der Waals surface area contributed by atoms with Crippen LogP contribution < -0.4 is 5.73 Å². The molecule has 2 N–H and O–H groups in total. The van der Waals surface area contributed by atoms with Gasteiger partial charge in [0, 0.05) is 11.6 Å². The third kappa shape index (κ3) is 2.63. The van der Waals surface area contributed by atoms with E-state index in [9.17, 15) is 4.79 Å². The zero-order chi connectivity index (χ0) is 13.1. The maximum Gasteiger partial charge on any atom is 0.234 e. The first-order valence-corrected chi connectivity index (χ1v) is 6.21. The van der Waals surface area contributed by atoms with Crippen LogP contribution in [0.3, 0.4) is 0 Å². The van der Waals surface area contributed by atoms with Gasteiger partial charge in [-0.1, -0.05) is 17.7 Å². The fourth-order valence-electron chi connectivity index (χ4n) is 2.30. The summed E-state index contributed by atoms with van der Waals surface area (Å²) >= 11 is 6.12. The van der Waals surface area contributed by atoms with Crippen molar-refractivity contribution >= 4 is 17.5 Å². The van der Waals surface area contributed by atoms with Gasteiger partial charge in [-0.3, -0.25) is 9.69 Å². The lowest BCUT2D eigenvalue weighted by molar-refractivity contribution is -0.122. The molecule has 1 unspecified atom stereocenters. The van der Waals surface area contributed by atoms with E-state index < -0.39 is 0 Å². The van der Waals surface area contributed by atoms with Crippen LogP contribution in [-0.2, 0) is 11.3 Å². The first kappa shape index (κ1) is 12.9. The zero-order valence-electron chi connectivity index (χ0n) is 9.90. The molecule has 0 aliphatic carbocycles. The standard InChI is InChI=1S/C13H14ClN3O/c14-11-6-9(7-15)3-4-10(11)8-17-5-1-2-12(17)13(16)18/h3-4,6,12H,1-2,5,8H2,(H2,16,18). The van der Waals surface area contributed by atoms with Gasteiger partial charge in [0.25, 0.3) is 0 Å². The van der Waals surface area contributed by atoms with Crippen LogP contribution in [0.25, 0.3) is 0 Å². The Kier molecular flexibility index (Phi) is 3.85. The van der Waals surface area contributed by atoms with E-state index in [2.05, 4.69) is 0 Å². The summed E-state index contributed by atoms with van der Waals surface area (Å²) in [5, 5.41) is 9.33. The number of nitrogens with zero attached hydrogens (tertiary/aromatic N) is 2. The minimum absolute atomic E-state index is 0.197. The van der Waals surface area contributed by atoms with Gasteiger partial charge in [0.1, 0.15) is 0 Å². The van der Waals surface area contributed by atoms with Gasteiger partial charge in [-0.15, -0.1) is 0 Å². The molecule has 1 amide bonds. The quantitative estimate of drug-likeness (QED) is 0.902. The predicted molar refractivity (Wildman–Crippen MR) is 68.8 cm³/mol. The molecule has 0 spiro atoms. The Hall–Kier alpha value is -1.57. The number of carbonyl (C=O) groups excluding carboxylic acids is 1. The number of carbonyl (C=O) groups is 1. The molecule has 1 atom stereocenters. The smallest absolute Gasteiger partial charge is 0.234 e. The van der Waals surface area contributed by atoms with Crippen molar-refractivity contribution in [2.45, 2.75) is 25.4 Å². The van der Waals surface area contributed by atoms with Crippen LogP contribution in [0.4, 0.5) is 0 Å². The van der Waals surface area contributed by atoms with E-state index >= 15 is 0 Å². The average Bonchev–Trinajstić information content (AvgIpc) is 2.80. The number of nitriles is 1. The lowest BCUT2D eigenvalue weighted by atomic mass is 10.1. The van der Waals surface area contributed by atoms with Crippen LogP contribution in [0.2, 0.25) is 5.02 Å². The second-order valence-electron chi connectivity index (χ2n) is 4.45. The maximum absolute atomic E-state index is 11.3. The first-order valence-electron chi connectivity index (χ1n) is 5.83. The van der Waals surface area contributed by atoms with Crippen molar-refractivity contribution in [3.63, 3.8) is 0 Å². The second kappa shape index (κ2) is 5.38. The number of nitrogens with two attached hydrogens (primary N) is 1. The predicted octanol–water partition coefficient (Wildman–Crippen LogP) is 1.66. The number of hydrogen-bond acceptors (Lipinski definition) is 3. The minimum atomic E-state index is -0.280. The summed E-state index contributed by atoms with van der Waals surface area (Å²) in [4.78, 5) is 13.3. The van der Waals surface area contributed by atoms with Crippen LogP contribution in [0, 0.1) is 11.3 Å². The van der Waals surface area contributed by atoms with Crippen LogP contribution in [0.15, 0.2) is 18.2 Å². The normalized spacial score (nSPS) is 19.7. The van der Waals surface area contributed by atoms with Crippen LogP contribution >= 0.6 is 11.6 Å². The van der Waals surface area contributed by atoms with E-state index in [4.69, 9.17) is 22.6 Å². The lowest BCUT2D eigenvalue weighted by Gasteiger charge is -2.22. The monoisotopic (exact) mass is 263 g/mol. The Bertz CT molecular complexity index is 509. The van der Waals surface area contributed by atoms with E-state index in [1.54, 1.807) is 12.1 Å². The molecule has 94 valence electrons. The Balaban J connectivity index is 2.14. The molecule has 0 bridgehead atoms. The minimum Gasteiger partial charge on any atom is -0.368 e. The fraction of sp³-hybridized carbons (Fsp3) is 0.385. The zero-order valence-corrected chi connectivity index (χ0v) is 10.7. The van der Waals surface area contributed by atoms with E-state index in [1.807, 2.05) is 17.0 Å². The maximum atomic E-state index is 11.3. The van der Waals surface area contributed by atoms with Gasteiger partial charge >= 0.3 is 0 Å². The molecule has 1 fully saturated rings. The van der Waals surface area contributed by atoms with Crippen LogP contribution in [0.1, 0.15) is 24.0 Å². The van der Waals surface area contributed by atoms with Crippen molar-refractivity contribution in [2.75, 3.05) is 6.54 Å². The molecule has 1 heterocycles. The summed E-state index contributed by atoms with van der Waals surface area (Å²) in [6.45, 7) is 1.45. The third-order valence-corrected chi connectivity index (χ3v) is 3.60. The van der Waals surface area contributed by atoms with E-state index in [0.717, 1.165) is 24.9 Å². The highest BCUT2D eigenvalue weighted by atomic mass is 35.5. The molecule has 1 aliphatic rings. The highest BCUT2D eigenvalue weighted by Gasteiger charge is 2.29. The van der Waals surface area contributed by atoms with Gasteiger partial charge in [0.05, 0.1) is 17.7 Å². The van der Waals surface area contributed by atoms with Crippen molar-refractivity contribution in [1.29, 1.82) is 5.26 Å². The molecule has 0 radical (unpaired) electrons. The number of halogens is 1. The van der Waals surface area contributed by atoms with Crippen molar-refractivity contribution < 1.29 is 4.79 Å². The molecule has 4 nitrogen and oxygen atoms in total. The number of benzene rings is 1. The number of primary amides is 1. The highest BCUT2D eigenvalue weighted by molar-refractivity contribution is 6.31. The van der Waals surface area contributed by atoms with Gasteiger partial charge in [-0.25, -0.2) is 0 Å². The summed E-state index contributed by atoms with van der Waals surface area (Å²) in [7, 11) is 0. The number of rotatable bonds is 3. The summed E-state index contributed by atoms with van der Waals surface area (Å²) in [5.41, 5.74) is 6.83. The molecule has 0 saturated carbocycles.